The molecule has 3 aromatic rings. The van der Waals surface area contributed by atoms with Gasteiger partial charge in [-0.1, -0.05) is 6.07 Å². The molecule has 1 aliphatic carbocycles. The molecule has 1 fully saturated rings. The highest BCUT2D eigenvalue weighted by Crippen LogP contribution is 2.39. The number of aryl methyl sites for hydroxylation is 1. The van der Waals surface area contributed by atoms with Gasteiger partial charge in [0.1, 0.15) is 23.6 Å². The van der Waals surface area contributed by atoms with Gasteiger partial charge in [-0.25, -0.2) is 15.0 Å². The number of rotatable bonds is 5. The highest BCUT2D eigenvalue weighted by atomic mass is 15.1. The number of aromatic nitrogens is 4. The van der Waals surface area contributed by atoms with Crippen molar-refractivity contribution in [1.82, 2.24) is 19.5 Å². The van der Waals surface area contributed by atoms with Crippen molar-refractivity contribution in [3.63, 3.8) is 0 Å². The van der Waals surface area contributed by atoms with Crippen molar-refractivity contribution in [3.05, 3.63) is 42.5 Å². The van der Waals surface area contributed by atoms with Crippen LogP contribution in [0.2, 0.25) is 0 Å². The maximum Gasteiger partial charge on any atom is 0.145 e. The zero-order valence-electron chi connectivity index (χ0n) is 14.3. The van der Waals surface area contributed by atoms with Gasteiger partial charge in [0, 0.05) is 17.9 Å². The lowest BCUT2D eigenvalue weighted by molar-refractivity contribution is 0.448. The van der Waals surface area contributed by atoms with E-state index < -0.39 is 0 Å². The SMILES string of the molecule is Nc1cccc(CCCC2CCC(n3ccc4c(N)ncnc43)C2)n1. The summed E-state index contributed by atoms with van der Waals surface area (Å²) in [6, 6.07) is 8.42. The van der Waals surface area contributed by atoms with Crippen LogP contribution < -0.4 is 11.5 Å². The summed E-state index contributed by atoms with van der Waals surface area (Å²) < 4.78 is 2.28. The van der Waals surface area contributed by atoms with Crippen LogP contribution in [-0.2, 0) is 6.42 Å². The van der Waals surface area contributed by atoms with E-state index in [1.54, 1.807) is 6.33 Å². The van der Waals surface area contributed by atoms with E-state index in [1.165, 1.54) is 25.7 Å². The summed E-state index contributed by atoms with van der Waals surface area (Å²) >= 11 is 0. The highest BCUT2D eigenvalue weighted by Gasteiger charge is 2.26. The molecule has 3 aromatic heterocycles. The number of anilines is 2. The van der Waals surface area contributed by atoms with Gasteiger partial charge < -0.3 is 16.0 Å². The first-order chi connectivity index (χ1) is 12.2. The average Bonchev–Trinajstić information content (AvgIpc) is 3.22. The average molecular weight is 336 g/mol. The molecule has 0 spiro atoms. The van der Waals surface area contributed by atoms with Crippen LogP contribution in [0.25, 0.3) is 11.0 Å². The predicted octanol–water partition coefficient (Wildman–Crippen LogP) is 3.35. The third-order valence-electron chi connectivity index (χ3n) is 5.32. The first-order valence-corrected chi connectivity index (χ1v) is 8.99. The van der Waals surface area contributed by atoms with E-state index in [0.29, 0.717) is 17.7 Å². The molecule has 6 heteroatoms. The van der Waals surface area contributed by atoms with Gasteiger partial charge >= 0.3 is 0 Å². The fraction of sp³-hybridized carbons (Fsp3) is 0.421. The number of hydrogen-bond donors (Lipinski definition) is 2. The Labute approximate surface area is 147 Å². The van der Waals surface area contributed by atoms with Crippen LogP contribution in [0.15, 0.2) is 36.8 Å². The number of hydrogen-bond acceptors (Lipinski definition) is 5. The molecule has 0 saturated heterocycles. The van der Waals surface area contributed by atoms with Gasteiger partial charge in [-0.05, 0) is 62.6 Å². The number of nitrogen functional groups attached to an aromatic ring is 2. The molecule has 25 heavy (non-hydrogen) atoms. The zero-order chi connectivity index (χ0) is 17.2. The molecule has 6 nitrogen and oxygen atoms in total. The quantitative estimate of drug-likeness (QED) is 0.745. The summed E-state index contributed by atoms with van der Waals surface area (Å²) in [5.74, 6) is 1.94. The Bertz CT molecular complexity index is 871. The molecule has 0 aliphatic heterocycles. The van der Waals surface area contributed by atoms with E-state index in [-0.39, 0.29) is 0 Å². The minimum atomic E-state index is 0.516. The number of fused-ring (bicyclic) bond motifs is 1. The normalized spacial score (nSPS) is 20.3. The molecular formula is C19H24N6. The molecular weight excluding hydrogens is 312 g/mol. The molecule has 0 bridgehead atoms. The van der Waals surface area contributed by atoms with Crippen molar-refractivity contribution in [2.75, 3.05) is 11.5 Å². The van der Waals surface area contributed by atoms with E-state index in [2.05, 4.69) is 31.8 Å². The second-order valence-electron chi connectivity index (χ2n) is 7.00. The number of nitrogens with zero attached hydrogens (tertiary/aromatic N) is 4. The van der Waals surface area contributed by atoms with Gasteiger partial charge in [0.05, 0.1) is 5.39 Å². The van der Waals surface area contributed by atoms with Crippen LogP contribution in [-0.4, -0.2) is 19.5 Å². The fourth-order valence-electron chi connectivity index (χ4n) is 4.06. The molecule has 130 valence electrons. The largest absolute Gasteiger partial charge is 0.384 e. The lowest BCUT2D eigenvalue weighted by Gasteiger charge is -2.14. The van der Waals surface area contributed by atoms with Gasteiger partial charge in [-0.15, -0.1) is 0 Å². The minimum Gasteiger partial charge on any atom is -0.384 e. The smallest absolute Gasteiger partial charge is 0.145 e. The molecule has 4 rings (SSSR count). The summed E-state index contributed by atoms with van der Waals surface area (Å²) in [6.07, 6.45) is 10.8. The van der Waals surface area contributed by atoms with Gasteiger partial charge in [0.25, 0.3) is 0 Å². The van der Waals surface area contributed by atoms with Crippen LogP contribution in [0.3, 0.4) is 0 Å². The van der Waals surface area contributed by atoms with E-state index in [4.69, 9.17) is 11.5 Å². The van der Waals surface area contributed by atoms with E-state index in [0.717, 1.165) is 35.5 Å². The van der Waals surface area contributed by atoms with Gasteiger partial charge in [-0.3, -0.25) is 0 Å². The first kappa shape index (κ1) is 15.9. The standard InChI is InChI=1S/C19H24N6/c20-17-6-2-5-14(24-17)4-1-3-13-7-8-15(11-13)25-10-9-16-18(21)22-12-23-19(16)25/h2,5-6,9-10,12-13,15H,1,3-4,7-8,11H2,(H2,20,24)(H2,21,22,23). The summed E-state index contributed by atoms with van der Waals surface area (Å²) in [6.45, 7) is 0. The maximum absolute atomic E-state index is 5.95. The molecule has 0 radical (unpaired) electrons. The van der Waals surface area contributed by atoms with Crippen molar-refractivity contribution in [2.24, 2.45) is 5.92 Å². The second kappa shape index (κ2) is 6.70. The van der Waals surface area contributed by atoms with Crippen LogP contribution in [0.4, 0.5) is 11.6 Å². The topological polar surface area (TPSA) is 95.6 Å². The van der Waals surface area contributed by atoms with Crippen molar-refractivity contribution in [1.29, 1.82) is 0 Å². The molecule has 0 amide bonds. The van der Waals surface area contributed by atoms with Crippen LogP contribution in [0, 0.1) is 5.92 Å². The van der Waals surface area contributed by atoms with Crippen LogP contribution >= 0.6 is 0 Å². The van der Waals surface area contributed by atoms with Crippen molar-refractivity contribution in [3.8, 4) is 0 Å². The Morgan fingerprint density at radius 3 is 2.92 bits per heavy atom. The Morgan fingerprint density at radius 1 is 1.12 bits per heavy atom. The highest BCUT2D eigenvalue weighted by molar-refractivity contribution is 5.86. The Morgan fingerprint density at radius 2 is 2.04 bits per heavy atom. The molecule has 2 unspecified atom stereocenters. The van der Waals surface area contributed by atoms with Crippen molar-refractivity contribution < 1.29 is 0 Å². The third kappa shape index (κ3) is 3.29. The van der Waals surface area contributed by atoms with Gasteiger partial charge in [-0.2, -0.15) is 0 Å². The second-order valence-corrected chi connectivity index (χ2v) is 7.00. The summed E-state index contributed by atoms with van der Waals surface area (Å²) in [4.78, 5) is 12.9. The summed E-state index contributed by atoms with van der Waals surface area (Å²) in [7, 11) is 0. The Balaban J connectivity index is 1.36. The van der Waals surface area contributed by atoms with Crippen molar-refractivity contribution >= 4 is 22.7 Å². The fourth-order valence-corrected chi connectivity index (χ4v) is 4.06. The third-order valence-corrected chi connectivity index (χ3v) is 5.32. The van der Waals surface area contributed by atoms with E-state index >= 15 is 0 Å². The summed E-state index contributed by atoms with van der Waals surface area (Å²) in [5, 5.41) is 0.957. The van der Waals surface area contributed by atoms with Gasteiger partial charge in [0.15, 0.2) is 0 Å². The minimum absolute atomic E-state index is 0.516. The molecule has 4 N–H and O–H groups in total. The number of pyridine rings is 1. The molecule has 1 saturated carbocycles. The molecule has 2 atom stereocenters. The van der Waals surface area contributed by atoms with Crippen LogP contribution in [0.1, 0.15) is 43.8 Å². The van der Waals surface area contributed by atoms with E-state index in [9.17, 15) is 0 Å². The summed E-state index contributed by atoms with van der Waals surface area (Å²) in [5.41, 5.74) is 13.8. The first-order valence-electron chi connectivity index (χ1n) is 8.99. The predicted molar refractivity (Wildman–Crippen MR) is 99.9 cm³/mol. The Hall–Kier alpha value is -2.63. The molecule has 0 aromatic carbocycles. The van der Waals surface area contributed by atoms with Crippen LogP contribution in [0.5, 0.6) is 0 Å². The number of nitrogens with two attached hydrogens (primary N) is 2. The molecule has 3 heterocycles. The van der Waals surface area contributed by atoms with Gasteiger partial charge in [0.2, 0.25) is 0 Å². The Kier molecular flexibility index (Phi) is 4.26. The van der Waals surface area contributed by atoms with Crippen molar-refractivity contribution in [2.45, 2.75) is 44.6 Å². The zero-order valence-corrected chi connectivity index (χ0v) is 14.3. The van der Waals surface area contributed by atoms with E-state index in [1.807, 2.05) is 18.2 Å². The maximum atomic E-state index is 5.95. The monoisotopic (exact) mass is 336 g/mol. The lowest BCUT2D eigenvalue weighted by atomic mass is 9.99. The lowest BCUT2D eigenvalue weighted by Crippen LogP contribution is -2.06. The molecule has 1 aliphatic rings.